The molecule has 3 nitrogen and oxygen atoms in total. The van der Waals surface area contributed by atoms with Crippen molar-refractivity contribution in [2.75, 3.05) is 0 Å². The van der Waals surface area contributed by atoms with Crippen molar-refractivity contribution in [1.82, 2.24) is 0 Å². The Morgan fingerprint density at radius 3 is 2.00 bits per heavy atom. The summed E-state index contributed by atoms with van der Waals surface area (Å²) in [5, 5.41) is 0. The number of primary amides is 1. The van der Waals surface area contributed by atoms with Crippen LogP contribution < -0.4 is 5.73 Å². The summed E-state index contributed by atoms with van der Waals surface area (Å²) >= 11 is 0. The van der Waals surface area contributed by atoms with Crippen LogP contribution in [0.15, 0.2) is 0 Å². The minimum absolute atomic E-state index is 0.333. The largest absolute Gasteiger partial charge is 0.370 e. The fourth-order valence-corrected chi connectivity index (χ4v) is 0.232. The van der Waals surface area contributed by atoms with E-state index in [1.165, 1.54) is 6.92 Å². The number of carbonyl (C=O) groups excluding carboxylic acids is 2. The zero-order valence-electron chi connectivity index (χ0n) is 5.46. The monoisotopic (exact) mass is 129 g/mol. The van der Waals surface area contributed by atoms with Crippen molar-refractivity contribution in [2.24, 2.45) is 11.7 Å². The van der Waals surface area contributed by atoms with Gasteiger partial charge in [0, 0.05) is 12.8 Å². The van der Waals surface area contributed by atoms with Gasteiger partial charge in [0.2, 0.25) is 5.91 Å². The average molecular weight is 129 g/mol. The lowest BCUT2D eigenvalue weighted by Crippen LogP contribution is -2.01. The predicted molar refractivity (Wildman–Crippen MR) is 33.7 cm³/mol. The van der Waals surface area contributed by atoms with Crippen LogP contribution in [0.4, 0.5) is 0 Å². The van der Waals surface area contributed by atoms with E-state index in [4.69, 9.17) is 0 Å². The molecule has 1 aliphatic rings. The Balaban J connectivity index is 0.000000148. The molecule has 1 amide bonds. The zero-order valence-corrected chi connectivity index (χ0v) is 5.46. The van der Waals surface area contributed by atoms with Gasteiger partial charge in [-0.05, 0) is 12.8 Å². The van der Waals surface area contributed by atoms with E-state index in [1.54, 1.807) is 0 Å². The van der Waals surface area contributed by atoms with Crippen molar-refractivity contribution >= 4 is 12.2 Å². The molecule has 0 radical (unpaired) electrons. The molecule has 2 N–H and O–H groups in total. The lowest BCUT2D eigenvalue weighted by atomic mass is 10.5. The Morgan fingerprint density at radius 2 is 2.00 bits per heavy atom. The maximum absolute atomic E-state index is 9.57. The van der Waals surface area contributed by atoms with Gasteiger partial charge in [0.1, 0.15) is 6.29 Å². The molecule has 0 heterocycles. The fraction of sp³-hybridized carbons (Fsp3) is 0.667. The number of hydrogen-bond donors (Lipinski definition) is 1. The number of nitrogens with two attached hydrogens (primary N) is 1. The van der Waals surface area contributed by atoms with Crippen molar-refractivity contribution in [2.45, 2.75) is 19.8 Å². The van der Waals surface area contributed by atoms with E-state index in [0.29, 0.717) is 5.92 Å². The molecule has 0 aromatic rings. The van der Waals surface area contributed by atoms with Gasteiger partial charge >= 0.3 is 0 Å². The van der Waals surface area contributed by atoms with Gasteiger partial charge in [0.25, 0.3) is 0 Å². The van der Waals surface area contributed by atoms with E-state index in [9.17, 15) is 9.59 Å². The Labute approximate surface area is 54.2 Å². The number of rotatable bonds is 1. The molecule has 0 unspecified atom stereocenters. The Morgan fingerprint density at radius 1 is 1.67 bits per heavy atom. The lowest BCUT2D eigenvalue weighted by molar-refractivity contribution is -0.116. The van der Waals surface area contributed by atoms with E-state index >= 15 is 0 Å². The molecule has 0 spiro atoms. The first-order valence-corrected chi connectivity index (χ1v) is 2.88. The van der Waals surface area contributed by atoms with Crippen LogP contribution in [0.2, 0.25) is 0 Å². The summed E-state index contributed by atoms with van der Waals surface area (Å²) in [5.74, 6) is 0.120. The molecular formula is C6H11NO2. The Kier molecular flexibility index (Phi) is 3.67. The van der Waals surface area contributed by atoms with Crippen LogP contribution >= 0.6 is 0 Å². The van der Waals surface area contributed by atoms with Crippen molar-refractivity contribution in [3.63, 3.8) is 0 Å². The third-order valence-electron chi connectivity index (χ3n) is 0.814. The summed E-state index contributed by atoms with van der Waals surface area (Å²) in [7, 11) is 0. The van der Waals surface area contributed by atoms with Gasteiger partial charge in [-0.2, -0.15) is 0 Å². The molecule has 0 aliphatic heterocycles. The molecule has 1 saturated carbocycles. The number of carbonyl (C=O) groups is 2. The molecule has 1 aliphatic carbocycles. The van der Waals surface area contributed by atoms with E-state index in [-0.39, 0.29) is 5.91 Å². The quantitative estimate of drug-likeness (QED) is 0.510. The van der Waals surface area contributed by atoms with Crippen LogP contribution in [0, 0.1) is 5.92 Å². The van der Waals surface area contributed by atoms with Crippen molar-refractivity contribution < 1.29 is 9.59 Å². The van der Waals surface area contributed by atoms with Crippen LogP contribution in [0.3, 0.4) is 0 Å². The molecule has 3 heteroatoms. The van der Waals surface area contributed by atoms with E-state index in [2.05, 4.69) is 5.73 Å². The normalized spacial score (nSPS) is 15.2. The van der Waals surface area contributed by atoms with Crippen molar-refractivity contribution in [1.29, 1.82) is 0 Å². The van der Waals surface area contributed by atoms with Gasteiger partial charge in [0.15, 0.2) is 0 Å². The second kappa shape index (κ2) is 4.06. The summed E-state index contributed by atoms with van der Waals surface area (Å²) < 4.78 is 0. The molecule has 1 fully saturated rings. The summed E-state index contributed by atoms with van der Waals surface area (Å²) in [4.78, 5) is 18.8. The zero-order chi connectivity index (χ0) is 7.28. The predicted octanol–water partition coefficient (Wildman–Crippen LogP) is 0.0869. The maximum atomic E-state index is 9.57. The van der Waals surface area contributed by atoms with Gasteiger partial charge in [-0.25, -0.2) is 0 Å². The topological polar surface area (TPSA) is 60.2 Å². The summed E-state index contributed by atoms with van der Waals surface area (Å²) in [6.07, 6.45) is 3.31. The lowest BCUT2D eigenvalue weighted by Gasteiger charge is -1.60. The number of hydrogen-bond acceptors (Lipinski definition) is 2. The van der Waals surface area contributed by atoms with Crippen LogP contribution in [0.5, 0.6) is 0 Å². The summed E-state index contributed by atoms with van der Waals surface area (Å²) in [6, 6.07) is 0. The molecule has 0 aromatic carbocycles. The highest BCUT2D eigenvalue weighted by atomic mass is 16.1. The number of aldehydes is 1. The molecule has 0 atom stereocenters. The van der Waals surface area contributed by atoms with E-state index in [0.717, 1.165) is 19.1 Å². The van der Waals surface area contributed by atoms with Crippen LogP contribution in [-0.4, -0.2) is 12.2 Å². The maximum Gasteiger partial charge on any atom is 0.214 e. The smallest absolute Gasteiger partial charge is 0.214 e. The van der Waals surface area contributed by atoms with Crippen molar-refractivity contribution in [3.8, 4) is 0 Å². The molecule has 9 heavy (non-hydrogen) atoms. The standard InChI is InChI=1S/C4H6O.C2H5NO/c5-3-4-1-2-4;1-2(3)4/h3-4H,1-2H2;1H3,(H2,3,4). The first-order valence-electron chi connectivity index (χ1n) is 2.88. The highest BCUT2D eigenvalue weighted by molar-refractivity contribution is 5.70. The van der Waals surface area contributed by atoms with Crippen LogP contribution in [0.25, 0.3) is 0 Å². The van der Waals surface area contributed by atoms with Gasteiger partial charge in [-0.15, -0.1) is 0 Å². The third kappa shape index (κ3) is 11.0. The van der Waals surface area contributed by atoms with Crippen LogP contribution in [0.1, 0.15) is 19.8 Å². The molecule has 1 rings (SSSR count). The van der Waals surface area contributed by atoms with E-state index in [1.807, 2.05) is 0 Å². The SMILES string of the molecule is CC(N)=O.O=CC1CC1. The van der Waals surface area contributed by atoms with Crippen molar-refractivity contribution in [3.05, 3.63) is 0 Å². The molecule has 0 saturated heterocycles. The highest BCUT2D eigenvalue weighted by Crippen LogP contribution is 2.25. The van der Waals surface area contributed by atoms with E-state index < -0.39 is 0 Å². The summed E-state index contributed by atoms with van der Waals surface area (Å²) in [6.45, 7) is 1.31. The Hall–Kier alpha value is -0.860. The molecule has 0 aromatic heterocycles. The Bertz CT molecular complexity index is 104. The minimum Gasteiger partial charge on any atom is -0.370 e. The van der Waals surface area contributed by atoms with Gasteiger partial charge in [-0.1, -0.05) is 0 Å². The minimum atomic E-state index is -0.333. The van der Waals surface area contributed by atoms with Gasteiger partial charge in [-0.3, -0.25) is 4.79 Å². The second-order valence-electron chi connectivity index (χ2n) is 2.08. The molecular weight excluding hydrogens is 118 g/mol. The molecule has 0 bridgehead atoms. The first kappa shape index (κ1) is 8.14. The average Bonchev–Trinajstić information content (AvgIpc) is 2.43. The summed E-state index contributed by atoms with van der Waals surface area (Å²) in [5.41, 5.74) is 4.47. The van der Waals surface area contributed by atoms with Gasteiger partial charge < -0.3 is 10.5 Å². The van der Waals surface area contributed by atoms with Gasteiger partial charge in [0.05, 0.1) is 0 Å². The first-order chi connectivity index (χ1) is 4.16. The highest BCUT2D eigenvalue weighted by Gasteiger charge is 2.18. The number of amides is 1. The fourth-order valence-electron chi connectivity index (χ4n) is 0.232. The van der Waals surface area contributed by atoms with Crippen LogP contribution in [-0.2, 0) is 9.59 Å². The third-order valence-corrected chi connectivity index (χ3v) is 0.814. The second-order valence-corrected chi connectivity index (χ2v) is 2.08. The molecule has 52 valence electrons.